The topological polar surface area (TPSA) is 51.8 Å². The van der Waals surface area contributed by atoms with Gasteiger partial charge in [0.2, 0.25) is 5.28 Å². The standard InChI is InChI=1S/C8H5ClFN3/c9-8-12-6-4(7(11)13-8)2-1-3-5(6)10/h1-3H,(H2,11,12,13). The van der Waals surface area contributed by atoms with Crippen LogP contribution in [-0.4, -0.2) is 9.97 Å². The summed E-state index contributed by atoms with van der Waals surface area (Å²) in [4.78, 5) is 7.44. The van der Waals surface area contributed by atoms with Crippen molar-refractivity contribution in [1.82, 2.24) is 9.97 Å². The summed E-state index contributed by atoms with van der Waals surface area (Å²) in [6.45, 7) is 0. The fourth-order valence-electron chi connectivity index (χ4n) is 1.11. The van der Waals surface area contributed by atoms with Crippen LogP contribution in [0.25, 0.3) is 10.9 Å². The average molecular weight is 198 g/mol. The van der Waals surface area contributed by atoms with E-state index >= 15 is 0 Å². The number of nitrogens with two attached hydrogens (primary N) is 1. The van der Waals surface area contributed by atoms with Gasteiger partial charge in [0, 0.05) is 5.39 Å². The maximum Gasteiger partial charge on any atom is 0.225 e. The molecule has 0 saturated heterocycles. The first-order chi connectivity index (χ1) is 6.18. The highest BCUT2D eigenvalue weighted by atomic mass is 35.5. The SMILES string of the molecule is Nc1nc(Cl)nc2c(F)cccc12. The summed E-state index contributed by atoms with van der Waals surface area (Å²) in [6.07, 6.45) is 0. The molecule has 13 heavy (non-hydrogen) atoms. The van der Waals surface area contributed by atoms with E-state index in [1.165, 1.54) is 6.07 Å². The van der Waals surface area contributed by atoms with E-state index in [0.717, 1.165) is 0 Å². The molecule has 0 unspecified atom stereocenters. The van der Waals surface area contributed by atoms with Crippen molar-refractivity contribution in [3.63, 3.8) is 0 Å². The molecule has 0 aliphatic heterocycles. The van der Waals surface area contributed by atoms with Gasteiger partial charge in [-0.15, -0.1) is 0 Å². The molecule has 0 atom stereocenters. The van der Waals surface area contributed by atoms with Gasteiger partial charge in [0.1, 0.15) is 17.2 Å². The summed E-state index contributed by atoms with van der Waals surface area (Å²) in [5.74, 6) is -0.261. The smallest absolute Gasteiger partial charge is 0.225 e. The third-order valence-electron chi connectivity index (χ3n) is 1.68. The summed E-state index contributed by atoms with van der Waals surface area (Å²) in [6, 6.07) is 4.49. The Hall–Kier alpha value is -1.42. The molecule has 0 amide bonds. The molecule has 5 heteroatoms. The zero-order valence-electron chi connectivity index (χ0n) is 6.46. The number of rotatable bonds is 0. The molecule has 66 valence electrons. The molecular weight excluding hydrogens is 193 g/mol. The molecular formula is C8H5ClFN3. The van der Waals surface area contributed by atoms with Crippen LogP contribution in [0.1, 0.15) is 0 Å². The van der Waals surface area contributed by atoms with E-state index in [2.05, 4.69) is 9.97 Å². The number of fused-ring (bicyclic) bond motifs is 1. The lowest BCUT2D eigenvalue weighted by atomic mass is 10.2. The normalized spacial score (nSPS) is 10.6. The second kappa shape index (κ2) is 2.81. The minimum absolute atomic E-state index is 0.0462. The molecule has 0 aliphatic rings. The predicted octanol–water partition coefficient (Wildman–Crippen LogP) is 2.00. The van der Waals surface area contributed by atoms with E-state index in [1.54, 1.807) is 12.1 Å². The molecule has 0 saturated carbocycles. The first-order valence-electron chi connectivity index (χ1n) is 3.56. The average Bonchev–Trinajstić information content (AvgIpc) is 2.07. The monoisotopic (exact) mass is 197 g/mol. The highest BCUT2D eigenvalue weighted by Gasteiger charge is 2.06. The molecule has 2 rings (SSSR count). The maximum absolute atomic E-state index is 13.1. The van der Waals surface area contributed by atoms with Gasteiger partial charge < -0.3 is 5.73 Å². The van der Waals surface area contributed by atoms with Crippen LogP contribution in [0.15, 0.2) is 18.2 Å². The summed E-state index contributed by atoms with van der Waals surface area (Å²) in [7, 11) is 0. The number of benzene rings is 1. The van der Waals surface area contributed by atoms with Crippen molar-refractivity contribution in [3.05, 3.63) is 29.3 Å². The summed E-state index contributed by atoms with van der Waals surface area (Å²) in [5.41, 5.74) is 5.68. The van der Waals surface area contributed by atoms with Gasteiger partial charge in [-0.25, -0.2) is 14.4 Å². The quantitative estimate of drug-likeness (QED) is 0.658. The van der Waals surface area contributed by atoms with Crippen molar-refractivity contribution in [2.75, 3.05) is 5.73 Å². The van der Waals surface area contributed by atoms with Gasteiger partial charge in [-0.05, 0) is 23.7 Å². The first-order valence-corrected chi connectivity index (χ1v) is 3.93. The van der Waals surface area contributed by atoms with E-state index in [0.29, 0.717) is 5.39 Å². The molecule has 2 N–H and O–H groups in total. The zero-order chi connectivity index (χ0) is 9.42. The summed E-state index contributed by atoms with van der Waals surface area (Å²) >= 11 is 5.53. The molecule has 2 aromatic rings. The number of nitrogen functional groups attached to an aromatic ring is 1. The van der Waals surface area contributed by atoms with Gasteiger partial charge in [-0.1, -0.05) is 6.07 Å². The molecule has 3 nitrogen and oxygen atoms in total. The van der Waals surface area contributed by atoms with E-state index in [4.69, 9.17) is 17.3 Å². The second-order valence-electron chi connectivity index (χ2n) is 2.51. The molecule has 0 fully saturated rings. The third-order valence-corrected chi connectivity index (χ3v) is 1.85. The van der Waals surface area contributed by atoms with E-state index < -0.39 is 5.82 Å². The van der Waals surface area contributed by atoms with Crippen molar-refractivity contribution in [2.24, 2.45) is 0 Å². The van der Waals surface area contributed by atoms with Gasteiger partial charge in [0.15, 0.2) is 0 Å². The van der Waals surface area contributed by atoms with E-state index in [9.17, 15) is 4.39 Å². The van der Waals surface area contributed by atoms with Crippen molar-refractivity contribution < 1.29 is 4.39 Å². The van der Waals surface area contributed by atoms with Crippen LogP contribution in [0.3, 0.4) is 0 Å². The van der Waals surface area contributed by atoms with Crippen LogP contribution in [0, 0.1) is 5.82 Å². The van der Waals surface area contributed by atoms with Crippen molar-refractivity contribution in [2.45, 2.75) is 0 Å². The Bertz CT molecular complexity index is 472. The maximum atomic E-state index is 13.1. The predicted molar refractivity (Wildman–Crippen MR) is 48.9 cm³/mol. The summed E-state index contributed by atoms with van der Waals surface area (Å²) in [5, 5.41) is 0.430. The van der Waals surface area contributed by atoms with Gasteiger partial charge >= 0.3 is 0 Å². The molecule has 0 radical (unpaired) electrons. The Kier molecular flexibility index (Phi) is 1.77. The highest BCUT2D eigenvalue weighted by molar-refractivity contribution is 6.28. The van der Waals surface area contributed by atoms with Gasteiger partial charge in [-0.3, -0.25) is 0 Å². The van der Waals surface area contributed by atoms with Gasteiger partial charge in [0.05, 0.1) is 0 Å². The minimum atomic E-state index is -0.450. The largest absolute Gasteiger partial charge is 0.383 e. The Morgan fingerprint density at radius 1 is 1.31 bits per heavy atom. The number of para-hydroxylation sites is 1. The van der Waals surface area contributed by atoms with Crippen LogP contribution in [0.4, 0.5) is 10.2 Å². The molecule has 1 aromatic carbocycles. The van der Waals surface area contributed by atoms with Crippen LogP contribution in [0.5, 0.6) is 0 Å². The fourth-order valence-corrected chi connectivity index (χ4v) is 1.29. The molecule has 1 heterocycles. The van der Waals surface area contributed by atoms with Crippen LogP contribution >= 0.6 is 11.6 Å². The third kappa shape index (κ3) is 1.29. The van der Waals surface area contributed by atoms with Crippen LogP contribution < -0.4 is 5.73 Å². The number of hydrogen-bond donors (Lipinski definition) is 1. The zero-order valence-corrected chi connectivity index (χ0v) is 7.22. The van der Waals surface area contributed by atoms with E-state index in [-0.39, 0.29) is 16.6 Å². The number of anilines is 1. The molecule has 0 bridgehead atoms. The Morgan fingerprint density at radius 2 is 2.08 bits per heavy atom. The summed E-state index contributed by atoms with van der Waals surface area (Å²) < 4.78 is 13.1. The molecule has 1 aromatic heterocycles. The Labute approximate surface area is 78.4 Å². The second-order valence-corrected chi connectivity index (χ2v) is 2.85. The lowest BCUT2D eigenvalue weighted by Crippen LogP contribution is -1.96. The number of hydrogen-bond acceptors (Lipinski definition) is 3. The lowest BCUT2D eigenvalue weighted by molar-refractivity contribution is 0.636. The van der Waals surface area contributed by atoms with Crippen molar-refractivity contribution >= 4 is 28.3 Å². The van der Waals surface area contributed by atoms with Crippen LogP contribution in [-0.2, 0) is 0 Å². The first kappa shape index (κ1) is 8.19. The van der Waals surface area contributed by atoms with Gasteiger partial charge in [-0.2, -0.15) is 0 Å². The number of nitrogens with zero attached hydrogens (tertiary/aromatic N) is 2. The Balaban J connectivity index is 2.94. The van der Waals surface area contributed by atoms with Gasteiger partial charge in [0.25, 0.3) is 0 Å². The lowest BCUT2D eigenvalue weighted by Gasteiger charge is -2.01. The molecule has 0 spiro atoms. The Morgan fingerprint density at radius 3 is 2.85 bits per heavy atom. The number of aromatic nitrogens is 2. The van der Waals surface area contributed by atoms with Crippen molar-refractivity contribution in [1.29, 1.82) is 0 Å². The van der Waals surface area contributed by atoms with E-state index in [1.807, 2.05) is 0 Å². The van der Waals surface area contributed by atoms with Crippen LogP contribution in [0.2, 0.25) is 5.28 Å². The number of halogens is 2. The fraction of sp³-hybridized carbons (Fsp3) is 0. The molecule has 0 aliphatic carbocycles. The van der Waals surface area contributed by atoms with Crippen molar-refractivity contribution in [3.8, 4) is 0 Å². The highest BCUT2D eigenvalue weighted by Crippen LogP contribution is 2.21. The minimum Gasteiger partial charge on any atom is -0.383 e.